The summed E-state index contributed by atoms with van der Waals surface area (Å²) in [4.78, 5) is 34.5. The molecule has 1 aromatic carbocycles. The van der Waals surface area contributed by atoms with E-state index in [0.29, 0.717) is 5.56 Å². The molecular formula is C15H15FN2O6. The molecule has 128 valence electrons. The molecular weight excluding hydrogens is 323 g/mol. The van der Waals surface area contributed by atoms with Gasteiger partial charge in [-0.1, -0.05) is 0 Å². The molecule has 1 aromatic heterocycles. The highest BCUT2D eigenvalue weighted by atomic mass is 19.1. The van der Waals surface area contributed by atoms with Crippen LogP contribution in [0.2, 0.25) is 0 Å². The van der Waals surface area contributed by atoms with Crippen molar-refractivity contribution in [1.29, 1.82) is 0 Å². The minimum absolute atomic E-state index is 0.0629. The van der Waals surface area contributed by atoms with Gasteiger partial charge in [-0.05, 0) is 38.1 Å². The van der Waals surface area contributed by atoms with Gasteiger partial charge < -0.3 is 13.9 Å². The number of carbonyl (C=O) groups is 2. The molecule has 2 aromatic rings. The second kappa shape index (κ2) is 7.53. The van der Waals surface area contributed by atoms with Crippen LogP contribution >= 0.6 is 0 Å². The van der Waals surface area contributed by atoms with E-state index in [-0.39, 0.29) is 12.0 Å². The van der Waals surface area contributed by atoms with Crippen LogP contribution in [-0.4, -0.2) is 34.4 Å². The zero-order valence-electron chi connectivity index (χ0n) is 13.0. The lowest BCUT2D eigenvalue weighted by molar-refractivity contribution is -0.161. The summed E-state index contributed by atoms with van der Waals surface area (Å²) in [6.07, 6.45) is -0.326. The number of rotatable bonds is 6. The van der Waals surface area contributed by atoms with Gasteiger partial charge >= 0.3 is 17.7 Å². The summed E-state index contributed by atoms with van der Waals surface area (Å²) in [7, 11) is 0. The SMILES string of the molecule is CC(C)OC(=O)COC(=O)Cn1nc(-c2ccc(F)cc2)oc1=O. The third-order valence-electron chi connectivity index (χ3n) is 2.69. The maximum absolute atomic E-state index is 12.9. The molecule has 0 N–H and O–H groups in total. The first-order valence-corrected chi connectivity index (χ1v) is 7.04. The van der Waals surface area contributed by atoms with Crippen LogP contribution in [0.3, 0.4) is 0 Å². The Balaban J connectivity index is 1.98. The van der Waals surface area contributed by atoms with Crippen LogP contribution in [-0.2, 0) is 25.6 Å². The summed E-state index contributed by atoms with van der Waals surface area (Å²) in [5.74, 6) is -2.94. The number of esters is 2. The minimum atomic E-state index is -0.879. The first-order valence-electron chi connectivity index (χ1n) is 7.04. The average Bonchev–Trinajstić information content (AvgIpc) is 2.86. The topological polar surface area (TPSA) is 101 Å². The molecule has 0 bridgehead atoms. The van der Waals surface area contributed by atoms with Crippen molar-refractivity contribution in [1.82, 2.24) is 9.78 Å². The van der Waals surface area contributed by atoms with E-state index in [0.717, 1.165) is 4.68 Å². The molecule has 0 fully saturated rings. The van der Waals surface area contributed by atoms with E-state index >= 15 is 0 Å². The predicted molar refractivity (Wildman–Crippen MR) is 78.3 cm³/mol. The molecule has 0 atom stereocenters. The van der Waals surface area contributed by atoms with Gasteiger partial charge in [0.25, 0.3) is 0 Å². The Morgan fingerprint density at radius 1 is 1.25 bits per heavy atom. The van der Waals surface area contributed by atoms with Crippen LogP contribution in [0.15, 0.2) is 33.5 Å². The zero-order valence-corrected chi connectivity index (χ0v) is 13.0. The number of hydrogen-bond acceptors (Lipinski definition) is 7. The third-order valence-corrected chi connectivity index (χ3v) is 2.69. The maximum atomic E-state index is 12.9. The van der Waals surface area contributed by atoms with Crippen LogP contribution in [0.5, 0.6) is 0 Å². The summed E-state index contributed by atoms with van der Waals surface area (Å²) >= 11 is 0. The van der Waals surface area contributed by atoms with Crippen molar-refractivity contribution in [2.45, 2.75) is 26.5 Å². The summed E-state index contributed by atoms with van der Waals surface area (Å²) in [5.41, 5.74) is 0.376. The zero-order chi connectivity index (χ0) is 17.7. The fraction of sp³-hybridized carbons (Fsp3) is 0.333. The molecule has 8 nitrogen and oxygen atoms in total. The predicted octanol–water partition coefficient (Wildman–Crippen LogP) is 1.14. The number of ether oxygens (including phenoxy) is 2. The number of benzene rings is 1. The molecule has 0 aliphatic rings. The second-order valence-corrected chi connectivity index (χ2v) is 5.04. The lowest BCUT2D eigenvalue weighted by Gasteiger charge is -2.07. The van der Waals surface area contributed by atoms with E-state index in [1.54, 1.807) is 13.8 Å². The highest BCUT2D eigenvalue weighted by molar-refractivity contribution is 5.76. The highest BCUT2D eigenvalue weighted by Crippen LogP contribution is 2.15. The van der Waals surface area contributed by atoms with Crippen molar-refractivity contribution in [3.8, 4) is 11.5 Å². The summed E-state index contributed by atoms with van der Waals surface area (Å²) in [6, 6.07) is 5.13. The van der Waals surface area contributed by atoms with Gasteiger partial charge in [0, 0.05) is 5.56 Å². The first kappa shape index (κ1) is 17.4. The van der Waals surface area contributed by atoms with Gasteiger partial charge in [-0.15, -0.1) is 5.10 Å². The Hall–Kier alpha value is -2.97. The quantitative estimate of drug-likeness (QED) is 0.728. The summed E-state index contributed by atoms with van der Waals surface area (Å²) in [5, 5.41) is 3.82. The molecule has 0 spiro atoms. The van der Waals surface area contributed by atoms with E-state index in [1.807, 2.05) is 0 Å². The van der Waals surface area contributed by atoms with Crippen molar-refractivity contribution in [3.63, 3.8) is 0 Å². The number of carbonyl (C=O) groups excluding carboxylic acids is 2. The van der Waals surface area contributed by atoms with Crippen LogP contribution in [0.25, 0.3) is 11.5 Å². The highest BCUT2D eigenvalue weighted by Gasteiger charge is 2.15. The van der Waals surface area contributed by atoms with Crippen molar-refractivity contribution < 1.29 is 27.9 Å². The normalized spacial score (nSPS) is 10.7. The van der Waals surface area contributed by atoms with Gasteiger partial charge in [0.2, 0.25) is 5.89 Å². The van der Waals surface area contributed by atoms with E-state index in [9.17, 15) is 18.8 Å². The number of hydrogen-bond donors (Lipinski definition) is 0. The Bertz CT molecular complexity index is 778. The molecule has 1 heterocycles. The van der Waals surface area contributed by atoms with Crippen molar-refractivity contribution in [2.75, 3.05) is 6.61 Å². The van der Waals surface area contributed by atoms with Gasteiger partial charge in [-0.3, -0.25) is 4.79 Å². The molecule has 0 unspecified atom stereocenters. The molecule has 0 amide bonds. The largest absolute Gasteiger partial charge is 0.460 e. The fourth-order valence-electron chi connectivity index (χ4n) is 1.72. The first-order chi connectivity index (χ1) is 11.3. The Morgan fingerprint density at radius 2 is 1.92 bits per heavy atom. The van der Waals surface area contributed by atoms with Crippen LogP contribution in [0.1, 0.15) is 13.8 Å². The maximum Gasteiger partial charge on any atom is 0.437 e. The van der Waals surface area contributed by atoms with Crippen LogP contribution in [0, 0.1) is 5.82 Å². The Morgan fingerprint density at radius 3 is 2.54 bits per heavy atom. The third kappa shape index (κ3) is 4.77. The molecule has 2 rings (SSSR count). The smallest absolute Gasteiger partial charge is 0.437 e. The van der Waals surface area contributed by atoms with Crippen LogP contribution < -0.4 is 5.76 Å². The fourth-order valence-corrected chi connectivity index (χ4v) is 1.72. The molecule has 0 saturated carbocycles. The van der Waals surface area contributed by atoms with Gasteiger partial charge in [0.1, 0.15) is 12.4 Å². The van der Waals surface area contributed by atoms with Crippen molar-refractivity contribution >= 4 is 11.9 Å². The standard InChI is InChI=1S/C15H15FN2O6/c1-9(2)23-13(20)8-22-12(19)7-18-15(21)24-14(17-18)10-3-5-11(16)6-4-10/h3-6,9H,7-8H2,1-2H3. The molecule has 0 radical (unpaired) electrons. The van der Waals surface area contributed by atoms with Gasteiger partial charge in [-0.2, -0.15) is 4.68 Å². The average molecular weight is 338 g/mol. The lowest BCUT2D eigenvalue weighted by Crippen LogP contribution is -2.25. The van der Waals surface area contributed by atoms with Gasteiger partial charge in [0.05, 0.1) is 6.10 Å². The van der Waals surface area contributed by atoms with Gasteiger partial charge in [-0.25, -0.2) is 14.0 Å². The van der Waals surface area contributed by atoms with E-state index in [4.69, 9.17) is 9.15 Å². The minimum Gasteiger partial charge on any atom is -0.460 e. The number of halogens is 1. The number of aromatic nitrogens is 2. The molecule has 9 heteroatoms. The van der Waals surface area contributed by atoms with Crippen molar-refractivity contribution in [2.24, 2.45) is 0 Å². The molecule has 0 aliphatic carbocycles. The molecule has 0 aliphatic heterocycles. The van der Waals surface area contributed by atoms with E-state index in [2.05, 4.69) is 9.84 Å². The lowest BCUT2D eigenvalue weighted by atomic mass is 10.2. The number of nitrogens with zero attached hydrogens (tertiary/aromatic N) is 2. The van der Waals surface area contributed by atoms with E-state index < -0.39 is 36.7 Å². The second-order valence-electron chi connectivity index (χ2n) is 5.04. The van der Waals surface area contributed by atoms with Crippen LogP contribution in [0.4, 0.5) is 4.39 Å². The Kier molecular flexibility index (Phi) is 5.46. The summed E-state index contributed by atoms with van der Waals surface area (Å²) in [6.45, 7) is 2.23. The molecule has 24 heavy (non-hydrogen) atoms. The monoisotopic (exact) mass is 338 g/mol. The van der Waals surface area contributed by atoms with E-state index in [1.165, 1.54) is 24.3 Å². The van der Waals surface area contributed by atoms with Crippen molar-refractivity contribution in [3.05, 3.63) is 40.6 Å². The van der Waals surface area contributed by atoms with Gasteiger partial charge in [0.15, 0.2) is 6.61 Å². The summed E-state index contributed by atoms with van der Waals surface area (Å²) < 4.78 is 28.0. The molecule has 0 saturated heterocycles. The Labute approximate surface area is 135 Å².